The van der Waals surface area contributed by atoms with Crippen molar-refractivity contribution in [3.8, 4) is 11.8 Å². The van der Waals surface area contributed by atoms with Crippen molar-refractivity contribution in [2.24, 2.45) is 0 Å². The van der Waals surface area contributed by atoms with Gasteiger partial charge in [0.15, 0.2) is 5.75 Å². The Morgan fingerprint density at radius 1 is 1.82 bits per heavy atom. The summed E-state index contributed by atoms with van der Waals surface area (Å²) >= 11 is 1.25. The Morgan fingerprint density at radius 3 is 3.09 bits per heavy atom. The van der Waals surface area contributed by atoms with Gasteiger partial charge >= 0.3 is 5.97 Å². The molecule has 11 heavy (non-hydrogen) atoms. The molecule has 0 saturated heterocycles. The van der Waals surface area contributed by atoms with Gasteiger partial charge in [0.1, 0.15) is 10.9 Å². The van der Waals surface area contributed by atoms with Gasteiger partial charge in [-0.3, -0.25) is 4.79 Å². The minimum absolute atomic E-state index is 0.352. The van der Waals surface area contributed by atoms with E-state index in [2.05, 4.69) is 0 Å². The van der Waals surface area contributed by atoms with Crippen LogP contribution in [0.3, 0.4) is 0 Å². The summed E-state index contributed by atoms with van der Waals surface area (Å²) in [4.78, 5) is 10.9. The molecule has 0 aromatic carbocycles. The van der Waals surface area contributed by atoms with E-state index in [-0.39, 0.29) is 0 Å². The predicted octanol–water partition coefficient (Wildman–Crippen LogP) is 1.55. The lowest BCUT2D eigenvalue weighted by Gasteiger charge is -1.95. The molecule has 0 saturated carbocycles. The van der Waals surface area contributed by atoms with E-state index in [1.54, 1.807) is 11.4 Å². The topological polar surface area (TPSA) is 50.1 Å². The van der Waals surface area contributed by atoms with Crippen LogP contribution in [-0.2, 0) is 4.79 Å². The molecule has 0 aliphatic heterocycles. The van der Waals surface area contributed by atoms with E-state index in [0.717, 1.165) is 0 Å². The van der Waals surface area contributed by atoms with Gasteiger partial charge in [0.25, 0.3) is 0 Å². The van der Waals surface area contributed by atoms with Gasteiger partial charge in [-0.2, -0.15) is 5.26 Å². The number of carbonyl (C=O) groups excluding carboxylic acids is 1. The molecule has 4 heteroatoms. The van der Waals surface area contributed by atoms with Crippen LogP contribution in [0, 0.1) is 11.3 Å². The Bertz CT molecular complexity index is 310. The van der Waals surface area contributed by atoms with Crippen molar-refractivity contribution in [2.45, 2.75) is 6.92 Å². The highest BCUT2D eigenvalue weighted by molar-refractivity contribution is 7.10. The molecule has 56 valence electrons. The minimum atomic E-state index is -0.403. The van der Waals surface area contributed by atoms with Crippen LogP contribution in [0.5, 0.6) is 5.75 Å². The van der Waals surface area contributed by atoms with E-state index in [0.29, 0.717) is 10.6 Å². The first-order valence-corrected chi connectivity index (χ1v) is 3.78. The zero-order valence-electron chi connectivity index (χ0n) is 5.83. The van der Waals surface area contributed by atoms with Gasteiger partial charge in [0.2, 0.25) is 0 Å². The van der Waals surface area contributed by atoms with Crippen molar-refractivity contribution in [1.82, 2.24) is 0 Å². The third-order valence-corrected chi connectivity index (χ3v) is 1.78. The van der Waals surface area contributed by atoms with Crippen molar-refractivity contribution in [3.05, 3.63) is 16.3 Å². The molecule has 0 unspecified atom stereocenters. The highest BCUT2D eigenvalue weighted by atomic mass is 32.1. The zero-order chi connectivity index (χ0) is 8.27. The third-order valence-electron chi connectivity index (χ3n) is 0.984. The van der Waals surface area contributed by atoms with Crippen LogP contribution in [0.2, 0.25) is 0 Å². The Morgan fingerprint density at radius 2 is 2.55 bits per heavy atom. The number of nitrogens with zero attached hydrogens (tertiary/aromatic N) is 1. The average molecular weight is 167 g/mol. The molecule has 0 fully saturated rings. The second kappa shape index (κ2) is 3.17. The first-order chi connectivity index (χ1) is 5.24. The van der Waals surface area contributed by atoms with Crippen LogP contribution >= 0.6 is 11.3 Å². The van der Waals surface area contributed by atoms with Crippen LogP contribution in [0.4, 0.5) is 0 Å². The minimum Gasteiger partial charge on any atom is -0.424 e. The summed E-state index contributed by atoms with van der Waals surface area (Å²) in [7, 11) is 0. The molecule has 0 aliphatic carbocycles. The van der Waals surface area contributed by atoms with Crippen LogP contribution in [-0.4, -0.2) is 5.97 Å². The SMILES string of the molecule is CC(=O)Oc1ccsc1C#N. The number of hydrogen-bond acceptors (Lipinski definition) is 4. The van der Waals surface area contributed by atoms with Gasteiger partial charge in [-0.15, -0.1) is 11.3 Å². The molecular formula is C7H5NO2S. The molecule has 3 nitrogen and oxygen atoms in total. The fourth-order valence-electron chi connectivity index (χ4n) is 0.614. The van der Waals surface area contributed by atoms with Gasteiger partial charge in [0.05, 0.1) is 0 Å². The fraction of sp³-hybridized carbons (Fsp3) is 0.143. The van der Waals surface area contributed by atoms with Crippen molar-refractivity contribution in [3.63, 3.8) is 0 Å². The number of thiophene rings is 1. The van der Waals surface area contributed by atoms with Gasteiger partial charge in [-0.25, -0.2) is 0 Å². The monoisotopic (exact) mass is 167 g/mol. The van der Waals surface area contributed by atoms with Crippen LogP contribution in [0.1, 0.15) is 11.8 Å². The van der Waals surface area contributed by atoms with E-state index < -0.39 is 5.97 Å². The van der Waals surface area contributed by atoms with Crippen molar-refractivity contribution >= 4 is 17.3 Å². The smallest absolute Gasteiger partial charge is 0.308 e. The number of esters is 1. The van der Waals surface area contributed by atoms with Crippen LogP contribution in [0.25, 0.3) is 0 Å². The van der Waals surface area contributed by atoms with E-state index in [1.165, 1.54) is 18.3 Å². The molecular weight excluding hydrogens is 162 g/mol. The zero-order valence-corrected chi connectivity index (χ0v) is 6.64. The van der Waals surface area contributed by atoms with E-state index in [4.69, 9.17) is 10.00 Å². The maximum atomic E-state index is 10.5. The van der Waals surface area contributed by atoms with Gasteiger partial charge in [-0.1, -0.05) is 0 Å². The third kappa shape index (κ3) is 1.79. The normalized spacial score (nSPS) is 8.73. The number of hydrogen-bond donors (Lipinski definition) is 0. The fourth-order valence-corrected chi connectivity index (χ4v) is 1.22. The van der Waals surface area contributed by atoms with E-state index in [9.17, 15) is 4.79 Å². The molecule has 1 aromatic heterocycles. The Balaban J connectivity index is 2.87. The summed E-state index contributed by atoms with van der Waals surface area (Å²) in [5.74, 6) is -0.0510. The van der Waals surface area contributed by atoms with Gasteiger partial charge in [0, 0.05) is 6.92 Å². The summed E-state index contributed by atoms with van der Waals surface area (Å²) in [6.45, 7) is 1.30. The van der Waals surface area contributed by atoms with E-state index >= 15 is 0 Å². The molecule has 0 atom stereocenters. The maximum Gasteiger partial charge on any atom is 0.308 e. The first kappa shape index (κ1) is 7.76. The maximum absolute atomic E-state index is 10.5. The lowest BCUT2D eigenvalue weighted by atomic mass is 10.4. The molecule has 1 heterocycles. The summed E-state index contributed by atoms with van der Waals surface area (Å²) < 4.78 is 4.73. The lowest BCUT2D eigenvalue weighted by molar-refractivity contribution is -0.131. The number of ether oxygens (including phenoxy) is 1. The van der Waals surface area contributed by atoms with Crippen molar-refractivity contribution < 1.29 is 9.53 Å². The molecule has 0 bridgehead atoms. The lowest BCUT2D eigenvalue weighted by Crippen LogP contribution is -2.00. The second-order valence-corrected chi connectivity index (χ2v) is 2.74. The van der Waals surface area contributed by atoms with E-state index in [1.807, 2.05) is 6.07 Å². The summed E-state index contributed by atoms with van der Waals surface area (Å²) in [5.41, 5.74) is 0. The Hall–Kier alpha value is -1.34. The largest absolute Gasteiger partial charge is 0.424 e. The quantitative estimate of drug-likeness (QED) is 0.596. The summed E-state index contributed by atoms with van der Waals surface area (Å²) in [6, 6.07) is 3.52. The molecule has 1 rings (SSSR count). The highest BCUT2D eigenvalue weighted by Crippen LogP contribution is 2.23. The molecule has 0 amide bonds. The molecule has 0 aliphatic rings. The van der Waals surface area contributed by atoms with Crippen LogP contribution < -0.4 is 4.74 Å². The van der Waals surface area contributed by atoms with Crippen LogP contribution in [0.15, 0.2) is 11.4 Å². The molecule has 0 radical (unpaired) electrons. The summed E-state index contributed by atoms with van der Waals surface area (Å²) in [5, 5.41) is 10.2. The molecule has 0 spiro atoms. The van der Waals surface area contributed by atoms with Gasteiger partial charge in [-0.05, 0) is 11.4 Å². The Labute approximate surface area is 67.8 Å². The number of rotatable bonds is 1. The first-order valence-electron chi connectivity index (χ1n) is 2.90. The van der Waals surface area contributed by atoms with Crippen molar-refractivity contribution in [2.75, 3.05) is 0 Å². The standard InChI is InChI=1S/C7H5NO2S/c1-5(9)10-6-2-3-11-7(6)4-8/h2-3H,1H3. The predicted molar refractivity (Wildman–Crippen MR) is 40.3 cm³/mol. The Kier molecular flexibility index (Phi) is 2.24. The molecule has 1 aromatic rings. The second-order valence-electron chi connectivity index (χ2n) is 1.82. The number of nitriles is 1. The highest BCUT2D eigenvalue weighted by Gasteiger charge is 2.05. The van der Waals surface area contributed by atoms with Gasteiger partial charge < -0.3 is 4.74 Å². The summed E-state index contributed by atoms with van der Waals surface area (Å²) in [6.07, 6.45) is 0. The average Bonchev–Trinajstić information content (AvgIpc) is 2.34. The number of carbonyl (C=O) groups is 1. The molecule has 0 N–H and O–H groups in total. The van der Waals surface area contributed by atoms with Crippen molar-refractivity contribution in [1.29, 1.82) is 5.26 Å².